The van der Waals surface area contributed by atoms with Crippen LogP contribution in [0.5, 0.6) is 0 Å². The molecule has 1 saturated heterocycles. The van der Waals surface area contributed by atoms with E-state index in [0.717, 1.165) is 12.8 Å². The average molecular weight is 283 g/mol. The first kappa shape index (κ1) is 14.0. The average Bonchev–Trinajstić information content (AvgIpc) is 2.88. The van der Waals surface area contributed by atoms with Gasteiger partial charge in [0.2, 0.25) is 10.0 Å². The molecule has 0 bridgehead atoms. The molecule has 0 amide bonds. The van der Waals surface area contributed by atoms with E-state index in [0.29, 0.717) is 19.0 Å². The highest BCUT2D eigenvalue weighted by molar-refractivity contribution is 7.89. The Balaban J connectivity index is 2.38. The number of hydrogen-bond donors (Lipinski definition) is 1. The van der Waals surface area contributed by atoms with E-state index in [2.05, 4.69) is 0 Å². The van der Waals surface area contributed by atoms with Crippen LogP contribution < -0.4 is 0 Å². The van der Waals surface area contributed by atoms with Crippen LogP contribution in [0, 0.1) is 5.92 Å². The number of rotatable bonds is 4. The van der Waals surface area contributed by atoms with E-state index >= 15 is 0 Å². The van der Waals surface area contributed by atoms with Crippen LogP contribution in [0.3, 0.4) is 0 Å². The van der Waals surface area contributed by atoms with Gasteiger partial charge in [0.1, 0.15) is 0 Å². The quantitative estimate of drug-likeness (QED) is 0.914. The molecule has 1 aliphatic heterocycles. The summed E-state index contributed by atoms with van der Waals surface area (Å²) in [5, 5.41) is 9.09. The van der Waals surface area contributed by atoms with Gasteiger partial charge in [0.15, 0.2) is 0 Å². The topological polar surface area (TPSA) is 74.7 Å². The van der Waals surface area contributed by atoms with Crippen molar-refractivity contribution < 1.29 is 18.3 Å². The molecule has 19 heavy (non-hydrogen) atoms. The largest absolute Gasteiger partial charge is 0.478 e. The first-order valence-corrected chi connectivity index (χ1v) is 7.73. The van der Waals surface area contributed by atoms with Gasteiger partial charge in [-0.25, -0.2) is 13.2 Å². The zero-order chi connectivity index (χ0) is 14.0. The molecule has 1 heterocycles. The highest BCUT2D eigenvalue weighted by atomic mass is 32.2. The third kappa shape index (κ3) is 2.64. The van der Waals surface area contributed by atoms with Crippen LogP contribution in [0.25, 0.3) is 0 Å². The maximum absolute atomic E-state index is 12.5. The first-order chi connectivity index (χ1) is 8.96. The summed E-state index contributed by atoms with van der Waals surface area (Å²) >= 11 is 0. The Kier molecular flexibility index (Phi) is 3.91. The van der Waals surface area contributed by atoms with Crippen molar-refractivity contribution in [1.29, 1.82) is 0 Å². The van der Waals surface area contributed by atoms with Crippen LogP contribution in [-0.4, -0.2) is 36.9 Å². The number of aromatic carboxylic acids is 1. The molecule has 1 fully saturated rings. The first-order valence-electron chi connectivity index (χ1n) is 6.29. The van der Waals surface area contributed by atoms with E-state index in [1.807, 2.05) is 6.92 Å². The van der Waals surface area contributed by atoms with Gasteiger partial charge in [-0.2, -0.15) is 4.31 Å². The molecule has 0 aliphatic carbocycles. The second kappa shape index (κ2) is 5.30. The summed E-state index contributed by atoms with van der Waals surface area (Å²) in [5.74, 6) is -0.850. The molecule has 1 aromatic rings. The van der Waals surface area contributed by atoms with E-state index in [-0.39, 0.29) is 10.5 Å². The molecule has 1 aliphatic rings. The summed E-state index contributed by atoms with van der Waals surface area (Å²) in [5.41, 5.74) is -0.164. The smallest absolute Gasteiger partial charge is 0.337 e. The normalized spacial score (nSPS) is 20.6. The summed E-state index contributed by atoms with van der Waals surface area (Å²) < 4.78 is 26.4. The summed E-state index contributed by atoms with van der Waals surface area (Å²) in [7, 11) is -3.70. The van der Waals surface area contributed by atoms with Crippen molar-refractivity contribution >= 4 is 16.0 Å². The van der Waals surface area contributed by atoms with E-state index in [1.165, 1.54) is 22.5 Å². The maximum Gasteiger partial charge on any atom is 0.337 e. The van der Waals surface area contributed by atoms with Crippen molar-refractivity contribution in [1.82, 2.24) is 4.31 Å². The van der Waals surface area contributed by atoms with Crippen molar-refractivity contribution in [2.75, 3.05) is 13.1 Å². The van der Waals surface area contributed by atoms with Crippen molar-refractivity contribution in [3.63, 3.8) is 0 Å². The minimum absolute atomic E-state index is 0.112. The molecule has 5 nitrogen and oxygen atoms in total. The Morgan fingerprint density at radius 1 is 1.42 bits per heavy atom. The molecule has 0 saturated carbocycles. The maximum atomic E-state index is 12.5. The minimum atomic E-state index is -3.70. The van der Waals surface area contributed by atoms with Gasteiger partial charge in [-0.1, -0.05) is 25.5 Å². The fraction of sp³-hybridized carbons (Fsp3) is 0.462. The van der Waals surface area contributed by atoms with E-state index < -0.39 is 16.0 Å². The van der Waals surface area contributed by atoms with Gasteiger partial charge in [-0.3, -0.25) is 0 Å². The SMILES string of the molecule is CCC1CCN(S(=O)(=O)c2ccccc2C(=O)O)C1. The van der Waals surface area contributed by atoms with Crippen LogP contribution in [0.2, 0.25) is 0 Å². The third-order valence-corrected chi connectivity index (χ3v) is 5.48. The summed E-state index contributed by atoms with van der Waals surface area (Å²) in [6.07, 6.45) is 1.78. The molecule has 0 spiro atoms. The van der Waals surface area contributed by atoms with Crippen molar-refractivity contribution in [3.8, 4) is 0 Å². The summed E-state index contributed by atoms with van der Waals surface area (Å²) in [6.45, 7) is 2.98. The monoisotopic (exact) mass is 283 g/mol. The Bertz CT molecular complexity index is 582. The molecule has 0 aromatic heterocycles. The number of carboxylic acids is 1. The third-order valence-electron chi connectivity index (χ3n) is 3.56. The van der Waals surface area contributed by atoms with Crippen LogP contribution in [-0.2, 0) is 10.0 Å². The van der Waals surface area contributed by atoms with Crippen LogP contribution in [0.1, 0.15) is 30.1 Å². The van der Waals surface area contributed by atoms with Gasteiger partial charge in [0.05, 0.1) is 10.5 Å². The second-order valence-electron chi connectivity index (χ2n) is 4.73. The van der Waals surface area contributed by atoms with Gasteiger partial charge in [-0.15, -0.1) is 0 Å². The van der Waals surface area contributed by atoms with E-state index in [1.54, 1.807) is 6.07 Å². The number of benzene rings is 1. The molecule has 2 rings (SSSR count). The van der Waals surface area contributed by atoms with Crippen molar-refractivity contribution in [3.05, 3.63) is 29.8 Å². The molecule has 1 N–H and O–H groups in total. The molecule has 1 atom stereocenters. The van der Waals surface area contributed by atoms with Crippen molar-refractivity contribution in [2.45, 2.75) is 24.7 Å². The zero-order valence-electron chi connectivity index (χ0n) is 10.7. The minimum Gasteiger partial charge on any atom is -0.478 e. The lowest BCUT2D eigenvalue weighted by Gasteiger charge is -2.17. The summed E-state index contributed by atoms with van der Waals surface area (Å²) in [4.78, 5) is 11.0. The van der Waals surface area contributed by atoms with Gasteiger partial charge in [0, 0.05) is 13.1 Å². The lowest BCUT2D eigenvalue weighted by atomic mass is 10.1. The number of nitrogens with zero attached hydrogens (tertiary/aromatic N) is 1. The molecule has 1 unspecified atom stereocenters. The standard InChI is InChI=1S/C13H17NO4S/c1-2-10-7-8-14(9-10)19(17,18)12-6-4-3-5-11(12)13(15)16/h3-6,10H,2,7-9H2,1H3,(H,15,16). The lowest BCUT2D eigenvalue weighted by Crippen LogP contribution is -2.30. The van der Waals surface area contributed by atoms with Crippen LogP contribution in [0.15, 0.2) is 29.2 Å². The predicted octanol–water partition coefficient (Wildman–Crippen LogP) is 1.81. The fourth-order valence-electron chi connectivity index (χ4n) is 2.36. The highest BCUT2D eigenvalue weighted by Gasteiger charge is 2.33. The number of carboxylic acid groups (broad SMARTS) is 1. The molecule has 0 radical (unpaired) electrons. The van der Waals surface area contributed by atoms with Crippen LogP contribution >= 0.6 is 0 Å². The number of hydrogen-bond acceptors (Lipinski definition) is 3. The van der Waals surface area contributed by atoms with Gasteiger partial charge in [-0.05, 0) is 24.5 Å². The predicted molar refractivity (Wildman–Crippen MR) is 70.6 cm³/mol. The van der Waals surface area contributed by atoms with Gasteiger partial charge < -0.3 is 5.11 Å². The lowest BCUT2D eigenvalue weighted by molar-refractivity contribution is 0.0692. The van der Waals surface area contributed by atoms with Crippen LogP contribution in [0.4, 0.5) is 0 Å². The van der Waals surface area contributed by atoms with E-state index in [9.17, 15) is 13.2 Å². The Labute approximate surface area is 112 Å². The number of sulfonamides is 1. The Morgan fingerprint density at radius 2 is 2.11 bits per heavy atom. The zero-order valence-corrected chi connectivity index (χ0v) is 11.6. The van der Waals surface area contributed by atoms with Gasteiger partial charge in [0.25, 0.3) is 0 Å². The molecular formula is C13H17NO4S. The highest BCUT2D eigenvalue weighted by Crippen LogP contribution is 2.27. The fourth-order valence-corrected chi connectivity index (χ4v) is 4.07. The van der Waals surface area contributed by atoms with E-state index in [4.69, 9.17) is 5.11 Å². The molecule has 1 aromatic carbocycles. The Hall–Kier alpha value is -1.40. The Morgan fingerprint density at radius 3 is 2.68 bits per heavy atom. The summed E-state index contributed by atoms with van der Waals surface area (Å²) in [6, 6.07) is 5.76. The molecular weight excluding hydrogens is 266 g/mol. The number of carbonyl (C=O) groups is 1. The second-order valence-corrected chi connectivity index (χ2v) is 6.63. The molecule has 104 valence electrons. The van der Waals surface area contributed by atoms with Gasteiger partial charge >= 0.3 is 5.97 Å². The van der Waals surface area contributed by atoms with Crippen molar-refractivity contribution in [2.24, 2.45) is 5.92 Å². The molecule has 6 heteroatoms.